The minimum atomic E-state index is -0.255. The van der Waals surface area contributed by atoms with Gasteiger partial charge < -0.3 is 0 Å². The molecule has 21 heavy (non-hydrogen) atoms. The summed E-state index contributed by atoms with van der Waals surface area (Å²) in [5, 5.41) is 6.08. The Balaban J connectivity index is 2.11. The normalized spacial score (nSPS) is 10.8. The van der Waals surface area contributed by atoms with Crippen LogP contribution >= 0.6 is 24.0 Å². The summed E-state index contributed by atoms with van der Waals surface area (Å²) in [5.41, 5.74) is 3.74. The Morgan fingerprint density at radius 3 is 2.14 bits per heavy atom. The third-order valence-corrected chi connectivity index (χ3v) is 4.34. The van der Waals surface area contributed by atoms with E-state index in [2.05, 4.69) is 22.3 Å². The summed E-state index contributed by atoms with van der Waals surface area (Å²) in [6.07, 6.45) is 2.04. The Morgan fingerprint density at radius 1 is 0.905 bits per heavy atom. The fourth-order valence-electron chi connectivity index (χ4n) is 2.22. The zero-order valence-corrected chi connectivity index (χ0v) is 12.9. The topological polar surface area (TPSA) is 31.6 Å². The predicted octanol–water partition coefficient (Wildman–Crippen LogP) is 5.27. The second-order valence-electron chi connectivity index (χ2n) is 4.56. The molecule has 2 N–H and O–H groups in total. The number of aromatic amines is 2. The second kappa shape index (κ2) is 5.87. The maximum Gasteiger partial charge on any atom is 0.127 e. The third-order valence-electron chi connectivity index (χ3n) is 3.29. The average molecular weight is 316 g/mol. The molecule has 0 aliphatic carbocycles. The van der Waals surface area contributed by atoms with Crippen molar-refractivity contribution in [2.45, 2.75) is 4.90 Å². The number of nitrogens with one attached hydrogen (secondary N) is 2. The molecule has 2 nitrogen and oxygen atoms in total. The Kier molecular flexibility index (Phi) is 3.94. The second-order valence-corrected chi connectivity index (χ2v) is 5.85. The van der Waals surface area contributed by atoms with E-state index >= 15 is 0 Å². The fourth-order valence-corrected chi connectivity index (χ4v) is 2.90. The molecular formula is C16H13FN2S2. The maximum atomic E-state index is 13.1. The van der Waals surface area contributed by atoms with E-state index in [0.717, 1.165) is 22.4 Å². The maximum absolute atomic E-state index is 13.1. The molecule has 0 radical (unpaired) electrons. The van der Waals surface area contributed by atoms with Crippen LogP contribution in [0.4, 0.5) is 4.39 Å². The first-order chi connectivity index (χ1) is 10.2. The lowest BCUT2D eigenvalue weighted by molar-refractivity contribution is 0.628. The number of benzene rings is 2. The number of aromatic nitrogens is 2. The smallest absolute Gasteiger partial charge is 0.127 e. The molecule has 2 aromatic carbocycles. The minimum absolute atomic E-state index is 0.255. The van der Waals surface area contributed by atoms with Crippen molar-refractivity contribution in [3.8, 4) is 22.4 Å². The summed E-state index contributed by atoms with van der Waals surface area (Å²) in [7, 11) is 0. The van der Waals surface area contributed by atoms with Crippen LogP contribution in [0.3, 0.4) is 0 Å². The Hall–Kier alpha value is -1.85. The lowest BCUT2D eigenvalue weighted by Gasteiger charge is -2.05. The molecule has 1 aromatic heterocycles. The van der Waals surface area contributed by atoms with E-state index in [1.807, 2.05) is 18.4 Å². The van der Waals surface area contributed by atoms with Crippen LogP contribution in [0.25, 0.3) is 22.4 Å². The lowest BCUT2D eigenvalue weighted by atomic mass is 10.0. The van der Waals surface area contributed by atoms with E-state index in [0.29, 0.717) is 4.64 Å². The number of hydrogen-bond acceptors (Lipinski definition) is 2. The predicted molar refractivity (Wildman–Crippen MR) is 88.6 cm³/mol. The first kappa shape index (κ1) is 14.1. The van der Waals surface area contributed by atoms with Gasteiger partial charge in [0.1, 0.15) is 10.5 Å². The van der Waals surface area contributed by atoms with Gasteiger partial charge in [-0.05, 0) is 36.1 Å². The van der Waals surface area contributed by atoms with Crippen LogP contribution in [-0.2, 0) is 0 Å². The Bertz CT molecular complexity index is 802. The van der Waals surface area contributed by atoms with Crippen molar-refractivity contribution in [3.05, 3.63) is 59.0 Å². The average Bonchev–Trinajstić information content (AvgIpc) is 2.90. The lowest BCUT2D eigenvalue weighted by Crippen LogP contribution is -1.84. The van der Waals surface area contributed by atoms with E-state index in [1.165, 1.54) is 17.0 Å². The summed E-state index contributed by atoms with van der Waals surface area (Å²) in [4.78, 5) is 1.20. The van der Waals surface area contributed by atoms with E-state index in [4.69, 9.17) is 12.2 Å². The van der Waals surface area contributed by atoms with E-state index in [-0.39, 0.29) is 5.82 Å². The van der Waals surface area contributed by atoms with Crippen LogP contribution in [0.1, 0.15) is 0 Å². The molecule has 0 spiro atoms. The summed E-state index contributed by atoms with van der Waals surface area (Å²) in [5.74, 6) is -0.255. The van der Waals surface area contributed by atoms with Gasteiger partial charge in [-0.1, -0.05) is 36.5 Å². The SMILES string of the molecule is CSc1ccc(-c2[nH][nH]c(=S)c2-c2ccc(F)cc2)cc1. The van der Waals surface area contributed by atoms with Crippen molar-refractivity contribution >= 4 is 24.0 Å². The third kappa shape index (κ3) is 2.80. The summed E-state index contributed by atoms with van der Waals surface area (Å²) in [6, 6.07) is 14.6. The summed E-state index contributed by atoms with van der Waals surface area (Å²) in [6.45, 7) is 0. The minimum Gasteiger partial charge on any atom is -0.299 e. The highest BCUT2D eigenvalue weighted by atomic mass is 32.2. The van der Waals surface area contributed by atoms with Gasteiger partial charge in [-0.3, -0.25) is 10.2 Å². The largest absolute Gasteiger partial charge is 0.299 e. The summed E-state index contributed by atoms with van der Waals surface area (Å²) >= 11 is 7.05. The van der Waals surface area contributed by atoms with Crippen molar-refractivity contribution in [1.82, 2.24) is 10.2 Å². The number of H-pyrrole nitrogens is 2. The number of rotatable bonds is 3. The molecule has 5 heteroatoms. The molecule has 1 heterocycles. The molecule has 0 atom stereocenters. The zero-order valence-electron chi connectivity index (χ0n) is 11.3. The number of hydrogen-bond donors (Lipinski definition) is 2. The molecule has 0 aliphatic rings. The first-order valence-electron chi connectivity index (χ1n) is 6.40. The highest BCUT2D eigenvalue weighted by Crippen LogP contribution is 2.32. The van der Waals surface area contributed by atoms with E-state index in [1.54, 1.807) is 23.9 Å². The van der Waals surface area contributed by atoms with Gasteiger partial charge in [0.15, 0.2) is 0 Å². The van der Waals surface area contributed by atoms with Crippen LogP contribution < -0.4 is 0 Å². The van der Waals surface area contributed by atoms with Crippen LogP contribution in [-0.4, -0.2) is 16.5 Å². The molecule has 0 saturated carbocycles. The van der Waals surface area contributed by atoms with Gasteiger partial charge in [0, 0.05) is 16.0 Å². The highest BCUT2D eigenvalue weighted by Gasteiger charge is 2.12. The molecule has 0 fully saturated rings. The highest BCUT2D eigenvalue weighted by molar-refractivity contribution is 7.98. The van der Waals surface area contributed by atoms with Crippen LogP contribution in [0.5, 0.6) is 0 Å². The molecule has 106 valence electrons. The van der Waals surface area contributed by atoms with Crippen LogP contribution in [0.2, 0.25) is 0 Å². The van der Waals surface area contributed by atoms with Gasteiger partial charge in [-0.25, -0.2) is 4.39 Å². The van der Waals surface area contributed by atoms with Crippen molar-refractivity contribution in [2.75, 3.05) is 6.26 Å². The van der Waals surface area contributed by atoms with Crippen molar-refractivity contribution in [1.29, 1.82) is 0 Å². The number of halogens is 1. The zero-order chi connectivity index (χ0) is 14.8. The molecule has 0 saturated heterocycles. The van der Waals surface area contributed by atoms with Crippen LogP contribution in [0.15, 0.2) is 53.4 Å². The summed E-state index contributed by atoms with van der Waals surface area (Å²) < 4.78 is 13.7. The molecule has 3 aromatic rings. The molecular weight excluding hydrogens is 303 g/mol. The quantitative estimate of drug-likeness (QED) is 0.510. The van der Waals surface area contributed by atoms with Crippen molar-refractivity contribution in [3.63, 3.8) is 0 Å². The van der Waals surface area contributed by atoms with Gasteiger partial charge in [0.05, 0.1) is 5.69 Å². The van der Waals surface area contributed by atoms with Gasteiger partial charge in [-0.2, -0.15) is 0 Å². The van der Waals surface area contributed by atoms with Gasteiger partial charge in [-0.15, -0.1) is 11.8 Å². The molecule has 0 aliphatic heterocycles. The fraction of sp³-hybridized carbons (Fsp3) is 0.0625. The Morgan fingerprint density at radius 2 is 1.52 bits per heavy atom. The van der Waals surface area contributed by atoms with Gasteiger partial charge in [0.25, 0.3) is 0 Å². The van der Waals surface area contributed by atoms with Crippen LogP contribution in [0, 0.1) is 10.5 Å². The molecule has 0 unspecified atom stereocenters. The Labute approximate surface area is 131 Å². The van der Waals surface area contributed by atoms with Crippen molar-refractivity contribution in [2.24, 2.45) is 0 Å². The van der Waals surface area contributed by atoms with Crippen molar-refractivity contribution < 1.29 is 4.39 Å². The monoisotopic (exact) mass is 316 g/mol. The van der Waals surface area contributed by atoms with Gasteiger partial charge >= 0.3 is 0 Å². The van der Waals surface area contributed by atoms with E-state index in [9.17, 15) is 4.39 Å². The van der Waals surface area contributed by atoms with Gasteiger partial charge in [0.2, 0.25) is 0 Å². The number of thioether (sulfide) groups is 1. The standard InChI is InChI=1S/C16H13FN2S2/c1-21-13-8-4-11(5-9-13)15-14(16(20)19-18-15)10-2-6-12(17)7-3-10/h2-9H,1H3,(H2,18,19,20). The molecule has 3 rings (SSSR count). The molecule has 0 amide bonds. The molecule has 0 bridgehead atoms. The van der Waals surface area contributed by atoms with E-state index < -0.39 is 0 Å². The first-order valence-corrected chi connectivity index (χ1v) is 8.03.